The molecule has 0 amide bonds. The second-order valence-electron chi connectivity index (χ2n) is 8.76. The van der Waals surface area contributed by atoms with Crippen molar-refractivity contribution in [1.29, 1.82) is 0 Å². The number of hydrogen-bond donors (Lipinski definition) is 2. The summed E-state index contributed by atoms with van der Waals surface area (Å²) in [6, 6.07) is 7.20. The first-order valence-corrected chi connectivity index (χ1v) is 12.7. The number of sulfone groups is 1. The molecule has 2 aromatic rings. The molecule has 35 heavy (non-hydrogen) atoms. The van der Waals surface area contributed by atoms with Crippen LogP contribution in [0.3, 0.4) is 0 Å². The summed E-state index contributed by atoms with van der Waals surface area (Å²) < 4.78 is 26.6. The van der Waals surface area contributed by atoms with Gasteiger partial charge in [0.25, 0.3) is 11.4 Å². The van der Waals surface area contributed by atoms with Gasteiger partial charge in [-0.05, 0) is 49.9 Å². The number of nitrogens with zero attached hydrogens (tertiary/aromatic N) is 4. The average Bonchev–Trinajstić information content (AvgIpc) is 2.84. The van der Waals surface area contributed by atoms with Crippen LogP contribution in [0, 0.1) is 20.2 Å². The summed E-state index contributed by atoms with van der Waals surface area (Å²) in [4.78, 5) is 25.0. The Morgan fingerprint density at radius 1 is 0.714 bits per heavy atom. The van der Waals surface area contributed by atoms with Crippen molar-refractivity contribution in [2.24, 2.45) is 0 Å². The fourth-order valence-electron chi connectivity index (χ4n) is 4.52. The summed E-state index contributed by atoms with van der Waals surface area (Å²) in [5, 5.41) is 42.9. The lowest BCUT2D eigenvalue weighted by molar-refractivity contribution is -0.384. The second-order valence-corrected chi connectivity index (χ2v) is 10.7. The van der Waals surface area contributed by atoms with Gasteiger partial charge in [0.15, 0.2) is 0 Å². The monoisotopic (exact) mass is 506 g/mol. The van der Waals surface area contributed by atoms with E-state index in [-0.39, 0.29) is 32.5 Å². The summed E-state index contributed by atoms with van der Waals surface area (Å²) in [5.41, 5.74) is -0.259. The number of piperidine rings is 2. The highest BCUT2D eigenvalue weighted by atomic mass is 32.2. The van der Waals surface area contributed by atoms with Crippen LogP contribution >= 0.6 is 0 Å². The normalized spacial score (nSPS) is 18.0. The Morgan fingerprint density at radius 3 is 1.37 bits per heavy atom. The number of benzene rings is 2. The van der Waals surface area contributed by atoms with Crippen molar-refractivity contribution in [3.8, 4) is 0 Å². The number of anilines is 2. The molecule has 2 aromatic carbocycles. The van der Waals surface area contributed by atoms with Crippen molar-refractivity contribution in [2.45, 2.75) is 47.7 Å². The third-order valence-electron chi connectivity index (χ3n) is 6.52. The van der Waals surface area contributed by atoms with Crippen LogP contribution in [0.25, 0.3) is 0 Å². The minimum Gasteiger partial charge on any atom is -0.393 e. The molecule has 2 heterocycles. The van der Waals surface area contributed by atoms with E-state index in [0.29, 0.717) is 51.9 Å². The maximum absolute atomic E-state index is 13.3. The molecule has 2 N–H and O–H groups in total. The zero-order valence-electron chi connectivity index (χ0n) is 18.8. The van der Waals surface area contributed by atoms with Crippen molar-refractivity contribution in [3.05, 3.63) is 56.6 Å². The van der Waals surface area contributed by atoms with Crippen LogP contribution < -0.4 is 9.80 Å². The fraction of sp³-hybridized carbons (Fsp3) is 0.455. The lowest BCUT2D eigenvalue weighted by atomic mass is 10.1. The van der Waals surface area contributed by atoms with Gasteiger partial charge < -0.3 is 20.0 Å². The first-order valence-electron chi connectivity index (χ1n) is 11.3. The third-order valence-corrected chi connectivity index (χ3v) is 8.27. The molecule has 2 aliphatic heterocycles. The maximum Gasteiger partial charge on any atom is 0.293 e. The lowest BCUT2D eigenvalue weighted by Gasteiger charge is -2.31. The van der Waals surface area contributed by atoms with Crippen molar-refractivity contribution in [3.63, 3.8) is 0 Å². The number of nitro groups is 2. The third kappa shape index (κ3) is 5.06. The molecule has 0 aliphatic carbocycles. The van der Waals surface area contributed by atoms with E-state index >= 15 is 0 Å². The Kier molecular flexibility index (Phi) is 6.92. The van der Waals surface area contributed by atoms with Crippen molar-refractivity contribution in [2.75, 3.05) is 36.0 Å². The van der Waals surface area contributed by atoms with Gasteiger partial charge in [-0.15, -0.1) is 0 Å². The van der Waals surface area contributed by atoms with Gasteiger partial charge in [-0.2, -0.15) is 0 Å². The highest BCUT2D eigenvalue weighted by molar-refractivity contribution is 7.91. The van der Waals surface area contributed by atoms with E-state index < -0.39 is 31.9 Å². The van der Waals surface area contributed by atoms with Crippen LogP contribution in [-0.2, 0) is 9.84 Å². The summed E-state index contributed by atoms with van der Waals surface area (Å²) in [5.74, 6) is 0. The maximum atomic E-state index is 13.3. The molecule has 2 saturated heterocycles. The van der Waals surface area contributed by atoms with E-state index in [4.69, 9.17) is 0 Å². The van der Waals surface area contributed by atoms with Gasteiger partial charge in [-0.25, -0.2) is 8.42 Å². The van der Waals surface area contributed by atoms with E-state index in [1.54, 1.807) is 9.80 Å². The smallest absolute Gasteiger partial charge is 0.293 e. The molecule has 4 rings (SSSR count). The van der Waals surface area contributed by atoms with Crippen LogP contribution in [0.5, 0.6) is 0 Å². The molecule has 0 unspecified atom stereocenters. The van der Waals surface area contributed by atoms with Gasteiger partial charge in [0.1, 0.15) is 11.4 Å². The highest BCUT2D eigenvalue weighted by Crippen LogP contribution is 2.37. The minimum absolute atomic E-state index is 0.259. The zero-order chi connectivity index (χ0) is 25.3. The molecule has 188 valence electrons. The number of nitro benzene ring substituents is 2. The van der Waals surface area contributed by atoms with Gasteiger partial charge >= 0.3 is 0 Å². The number of aliphatic hydroxyl groups is 2. The SMILES string of the molecule is O=[N+]([O-])c1cc(S(=O)(=O)c2ccc(N3CCC(O)CC3)c([N+](=O)[O-])c2)ccc1N1CCC(O)CC1. The molecule has 12 nitrogen and oxygen atoms in total. The van der Waals surface area contributed by atoms with Gasteiger partial charge in [0, 0.05) is 38.3 Å². The van der Waals surface area contributed by atoms with Crippen LogP contribution in [0.4, 0.5) is 22.7 Å². The van der Waals surface area contributed by atoms with Crippen LogP contribution in [0.1, 0.15) is 25.7 Å². The Hall–Kier alpha value is -3.29. The van der Waals surface area contributed by atoms with E-state index in [9.17, 15) is 38.9 Å². The fourth-order valence-corrected chi connectivity index (χ4v) is 5.82. The molecular weight excluding hydrogens is 480 g/mol. The molecule has 13 heteroatoms. The Morgan fingerprint density at radius 2 is 1.06 bits per heavy atom. The summed E-state index contributed by atoms with van der Waals surface area (Å²) in [6.45, 7) is 1.59. The molecule has 2 fully saturated rings. The Labute approximate surface area is 201 Å². The number of hydrogen-bond acceptors (Lipinski definition) is 10. The molecule has 0 spiro atoms. The van der Waals surface area contributed by atoms with E-state index in [1.807, 2.05) is 0 Å². The van der Waals surface area contributed by atoms with Crippen LogP contribution in [0.2, 0.25) is 0 Å². The van der Waals surface area contributed by atoms with E-state index in [2.05, 4.69) is 0 Å². The van der Waals surface area contributed by atoms with E-state index in [0.717, 1.165) is 12.1 Å². The molecule has 2 aliphatic rings. The Bertz CT molecular complexity index is 1150. The zero-order valence-corrected chi connectivity index (χ0v) is 19.6. The molecule has 0 atom stereocenters. The van der Waals surface area contributed by atoms with Gasteiger partial charge in [-0.3, -0.25) is 20.2 Å². The number of aliphatic hydroxyl groups excluding tert-OH is 2. The summed E-state index contributed by atoms with van der Waals surface area (Å²) >= 11 is 0. The van der Waals surface area contributed by atoms with Crippen molar-refractivity contribution < 1.29 is 28.5 Å². The standard InChI is InChI=1S/C22H26N4O8S/c27-15-5-9-23(10-6-15)19-3-1-17(13-21(19)25(29)30)35(33,34)18-2-4-20(22(14-18)26(31)32)24-11-7-16(28)8-12-24/h1-4,13-16,27-28H,5-12H2. The topological polar surface area (TPSA) is 167 Å². The van der Waals surface area contributed by atoms with Gasteiger partial charge in [-0.1, -0.05) is 0 Å². The molecule has 0 radical (unpaired) electrons. The molecule has 0 saturated carbocycles. The quantitative estimate of drug-likeness (QED) is 0.438. The Balaban J connectivity index is 1.69. The summed E-state index contributed by atoms with van der Waals surface area (Å²) in [7, 11) is -4.29. The minimum atomic E-state index is -4.29. The molecule has 0 aromatic heterocycles. The predicted octanol–water partition coefficient (Wildman–Crippen LogP) is 2.26. The second kappa shape index (κ2) is 9.76. The summed E-state index contributed by atoms with van der Waals surface area (Å²) in [6.07, 6.45) is 0.844. The highest BCUT2D eigenvalue weighted by Gasteiger charge is 2.30. The molecule has 0 bridgehead atoms. The predicted molar refractivity (Wildman–Crippen MR) is 127 cm³/mol. The average molecular weight is 507 g/mol. The largest absolute Gasteiger partial charge is 0.393 e. The van der Waals surface area contributed by atoms with Crippen molar-refractivity contribution in [1.82, 2.24) is 0 Å². The lowest BCUT2D eigenvalue weighted by Crippen LogP contribution is -2.36. The number of rotatable bonds is 6. The van der Waals surface area contributed by atoms with Crippen molar-refractivity contribution >= 4 is 32.6 Å². The van der Waals surface area contributed by atoms with E-state index in [1.165, 1.54) is 24.3 Å². The first kappa shape index (κ1) is 24.8. The van der Waals surface area contributed by atoms with Crippen LogP contribution in [0.15, 0.2) is 46.2 Å². The molecular formula is C22H26N4O8S. The first-order chi connectivity index (χ1) is 16.6. The van der Waals surface area contributed by atoms with Gasteiger partial charge in [0.05, 0.1) is 31.8 Å². The van der Waals surface area contributed by atoms with Crippen LogP contribution in [-0.4, -0.2) is 66.9 Å². The van der Waals surface area contributed by atoms with Gasteiger partial charge in [0.2, 0.25) is 9.84 Å².